The van der Waals surface area contributed by atoms with Gasteiger partial charge in [0.15, 0.2) is 0 Å². The molecule has 0 spiro atoms. The number of ether oxygens (including phenoxy) is 1. The molecule has 3 aromatic carbocycles. The van der Waals surface area contributed by atoms with Crippen LogP contribution in [0.25, 0.3) is 0 Å². The Labute approximate surface area is 252 Å². The third-order valence-corrected chi connectivity index (χ3v) is 8.76. The SMILES string of the molecule is CCCNC(=O)[C@@H](CC)N(Cc1ccc(Cl)cc1)C(=O)CN(c1cc(Cl)ccc1OC)S(=O)(=O)c1ccc(C)cc1. The van der Waals surface area contributed by atoms with E-state index in [1.807, 2.05) is 13.8 Å². The van der Waals surface area contributed by atoms with Gasteiger partial charge in [0, 0.05) is 23.1 Å². The Morgan fingerprint density at radius 3 is 2.17 bits per heavy atom. The summed E-state index contributed by atoms with van der Waals surface area (Å²) in [7, 11) is -2.86. The Morgan fingerprint density at radius 2 is 1.59 bits per heavy atom. The van der Waals surface area contributed by atoms with E-state index in [-0.39, 0.29) is 33.8 Å². The molecule has 0 aliphatic rings. The Bertz CT molecular complexity index is 1450. The van der Waals surface area contributed by atoms with Crippen molar-refractivity contribution in [1.82, 2.24) is 10.2 Å². The average molecular weight is 621 g/mol. The van der Waals surface area contributed by atoms with Crippen LogP contribution in [-0.2, 0) is 26.2 Å². The van der Waals surface area contributed by atoms with Crippen LogP contribution in [0.1, 0.15) is 37.8 Å². The summed E-state index contributed by atoms with van der Waals surface area (Å²) in [6.45, 7) is 5.51. The molecule has 0 saturated carbocycles. The monoisotopic (exact) mass is 619 g/mol. The van der Waals surface area contributed by atoms with Crippen molar-refractivity contribution in [2.75, 3.05) is 24.5 Å². The van der Waals surface area contributed by atoms with Gasteiger partial charge >= 0.3 is 0 Å². The topological polar surface area (TPSA) is 96.0 Å². The highest BCUT2D eigenvalue weighted by Gasteiger charge is 2.34. The van der Waals surface area contributed by atoms with Gasteiger partial charge in [0.1, 0.15) is 18.3 Å². The number of methoxy groups -OCH3 is 1. The number of benzene rings is 3. The first-order valence-corrected chi connectivity index (χ1v) is 15.5. The third kappa shape index (κ3) is 8.15. The summed E-state index contributed by atoms with van der Waals surface area (Å²) in [5.74, 6) is -0.670. The van der Waals surface area contributed by atoms with Crippen molar-refractivity contribution in [2.45, 2.75) is 51.1 Å². The van der Waals surface area contributed by atoms with Crippen LogP contribution in [0.5, 0.6) is 5.75 Å². The molecule has 11 heteroatoms. The van der Waals surface area contributed by atoms with Crippen molar-refractivity contribution in [3.05, 3.63) is 87.9 Å². The third-order valence-electron chi connectivity index (χ3n) is 6.50. The molecule has 0 fully saturated rings. The fourth-order valence-electron chi connectivity index (χ4n) is 4.28. The predicted molar refractivity (Wildman–Crippen MR) is 163 cm³/mol. The van der Waals surface area contributed by atoms with Gasteiger partial charge in [-0.3, -0.25) is 13.9 Å². The zero-order valence-corrected chi connectivity index (χ0v) is 25.9. The van der Waals surface area contributed by atoms with Gasteiger partial charge in [0.05, 0.1) is 17.7 Å². The highest BCUT2D eigenvalue weighted by molar-refractivity contribution is 7.92. The lowest BCUT2D eigenvalue weighted by atomic mass is 10.1. The molecule has 0 bridgehead atoms. The number of nitrogens with one attached hydrogen (secondary N) is 1. The van der Waals surface area contributed by atoms with Crippen LogP contribution in [-0.4, -0.2) is 51.4 Å². The molecule has 0 radical (unpaired) electrons. The molecule has 0 aliphatic carbocycles. The van der Waals surface area contributed by atoms with Gasteiger partial charge in [0.2, 0.25) is 11.8 Å². The number of sulfonamides is 1. The zero-order chi connectivity index (χ0) is 30.2. The van der Waals surface area contributed by atoms with Crippen LogP contribution in [0.4, 0.5) is 5.69 Å². The summed E-state index contributed by atoms with van der Waals surface area (Å²) in [6, 6.07) is 17.0. The lowest BCUT2D eigenvalue weighted by molar-refractivity contribution is -0.140. The molecule has 0 aromatic heterocycles. The van der Waals surface area contributed by atoms with E-state index in [1.165, 1.54) is 30.2 Å². The highest BCUT2D eigenvalue weighted by Crippen LogP contribution is 2.35. The van der Waals surface area contributed by atoms with E-state index in [0.717, 1.165) is 21.9 Å². The molecule has 8 nitrogen and oxygen atoms in total. The number of hydrogen-bond acceptors (Lipinski definition) is 5. The molecule has 1 N–H and O–H groups in total. The van der Waals surface area contributed by atoms with Gasteiger partial charge in [-0.05, 0) is 67.8 Å². The lowest BCUT2D eigenvalue weighted by Gasteiger charge is -2.33. The Hall–Kier alpha value is -3.27. The smallest absolute Gasteiger partial charge is 0.264 e. The van der Waals surface area contributed by atoms with Gasteiger partial charge in [-0.15, -0.1) is 0 Å². The first kappa shape index (κ1) is 32.2. The molecule has 41 heavy (non-hydrogen) atoms. The van der Waals surface area contributed by atoms with Crippen molar-refractivity contribution in [2.24, 2.45) is 0 Å². The average Bonchev–Trinajstić information content (AvgIpc) is 2.95. The summed E-state index contributed by atoms with van der Waals surface area (Å²) < 4.78 is 34.6. The van der Waals surface area contributed by atoms with Gasteiger partial charge < -0.3 is 15.0 Å². The predicted octanol–water partition coefficient (Wildman–Crippen LogP) is 5.84. The molecular weight excluding hydrogens is 585 g/mol. The Kier molecular flexibility index (Phi) is 11.5. The zero-order valence-electron chi connectivity index (χ0n) is 23.6. The van der Waals surface area contributed by atoms with E-state index in [9.17, 15) is 18.0 Å². The fraction of sp³-hybridized carbons (Fsp3) is 0.333. The summed E-state index contributed by atoms with van der Waals surface area (Å²) in [4.78, 5) is 28.7. The van der Waals surface area contributed by atoms with Crippen LogP contribution in [0.3, 0.4) is 0 Å². The molecule has 3 aromatic rings. The van der Waals surface area contributed by atoms with E-state index in [0.29, 0.717) is 18.0 Å². The van der Waals surface area contributed by atoms with E-state index in [4.69, 9.17) is 27.9 Å². The summed E-state index contributed by atoms with van der Waals surface area (Å²) >= 11 is 12.3. The largest absolute Gasteiger partial charge is 0.495 e. The van der Waals surface area contributed by atoms with Crippen molar-refractivity contribution in [3.8, 4) is 5.75 Å². The molecule has 3 rings (SSSR count). The van der Waals surface area contributed by atoms with Crippen LogP contribution < -0.4 is 14.4 Å². The summed E-state index contributed by atoms with van der Waals surface area (Å²) in [5, 5.41) is 3.66. The second-order valence-electron chi connectivity index (χ2n) is 9.50. The standard InChI is InChI=1S/C30H35Cl2N3O5S/c1-5-17-33-30(37)26(6-2)34(19-22-9-11-23(31)12-10-22)29(36)20-35(27-18-24(32)13-16-28(27)40-4)41(38,39)25-14-7-21(3)8-15-25/h7-16,18,26H,5-6,17,19-20H2,1-4H3,(H,33,37)/t26-/m1/s1. The van der Waals surface area contributed by atoms with Crippen LogP contribution in [0, 0.1) is 6.92 Å². The second-order valence-corrected chi connectivity index (χ2v) is 12.2. The minimum absolute atomic E-state index is 0.00471. The van der Waals surface area contributed by atoms with E-state index in [1.54, 1.807) is 55.5 Å². The molecular formula is C30H35Cl2N3O5S. The number of hydrogen-bond donors (Lipinski definition) is 1. The minimum atomic E-state index is -4.26. The van der Waals surface area contributed by atoms with Gasteiger partial charge in [-0.25, -0.2) is 8.42 Å². The Morgan fingerprint density at radius 1 is 0.951 bits per heavy atom. The normalized spacial score (nSPS) is 12.0. The number of halogens is 2. The number of aryl methyl sites for hydroxylation is 1. The highest BCUT2D eigenvalue weighted by atomic mass is 35.5. The van der Waals surface area contributed by atoms with Crippen molar-refractivity contribution < 1.29 is 22.7 Å². The fourth-order valence-corrected chi connectivity index (χ4v) is 5.99. The quantitative estimate of drug-likeness (QED) is 0.259. The first-order chi connectivity index (χ1) is 19.5. The van der Waals surface area contributed by atoms with E-state index in [2.05, 4.69) is 5.32 Å². The number of carbonyl (C=O) groups is 2. The first-order valence-electron chi connectivity index (χ1n) is 13.3. The number of carbonyl (C=O) groups excluding carboxylic acids is 2. The van der Waals surface area contributed by atoms with E-state index < -0.39 is 28.5 Å². The molecule has 0 aliphatic heterocycles. The Balaban J connectivity index is 2.11. The van der Waals surface area contributed by atoms with E-state index >= 15 is 0 Å². The van der Waals surface area contributed by atoms with Gasteiger partial charge in [-0.2, -0.15) is 0 Å². The van der Waals surface area contributed by atoms with Crippen molar-refractivity contribution in [1.29, 1.82) is 0 Å². The maximum Gasteiger partial charge on any atom is 0.264 e. The van der Waals surface area contributed by atoms with Crippen LogP contribution in [0.2, 0.25) is 10.0 Å². The maximum atomic E-state index is 14.1. The van der Waals surface area contributed by atoms with Gasteiger partial charge in [-0.1, -0.05) is 66.9 Å². The van der Waals surface area contributed by atoms with Crippen molar-refractivity contribution >= 4 is 50.7 Å². The second kappa shape index (κ2) is 14.6. The van der Waals surface area contributed by atoms with Crippen LogP contribution in [0.15, 0.2) is 71.6 Å². The number of rotatable bonds is 13. The molecule has 2 amide bonds. The van der Waals surface area contributed by atoms with Gasteiger partial charge in [0.25, 0.3) is 10.0 Å². The molecule has 220 valence electrons. The van der Waals surface area contributed by atoms with Crippen molar-refractivity contribution in [3.63, 3.8) is 0 Å². The molecule has 0 saturated heterocycles. The molecule has 0 heterocycles. The summed E-state index contributed by atoms with van der Waals surface area (Å²) in [6.07, 6.45) is 1.05. The number of amides is 2. The molecule has 0 unspecified atom stereocenters. The summed E-state index contributed by atoms with van der Waals surface area (Å²) in [5.41, 5.74) is 1.71. The van der Waals surface area contributed by atoms with Crippen LogP contribution >= 0.6 is 23.2 Å². The lowest BCUT2D eigenvalue weighted by Crippen LogP contribution is -2.52. The minimum Gasteiger partial charge on any atom is -0.495 e. The maximum absolute atomic E-state index is 14.1. The molecule has 1 atom stereocenters. The number of nitrogens with zero attached hydrogens (tertiary/aromatic N) is 2. The number of anilines is 1.